The van der Waals surface area contributed by atoms with Crippen LogP contribution in [0.15, 0.2) is 71.7 Å². The van der Waals surface area contributed by atoms with E-state index in [-0.39, 0.29) is 42.5 Å². The summed E-state index contributed by atoms with van der Waals surface area (Å²) < 4.78 is 52.3. The zero-order valence-corrected chi connectivity index (χ0v) is 23.6. The number of anilines is 1. The van der Waals surface area contributed by atoms with E-state index in [9.17, 15) is 32.3 Å². The molecule has 3 amide bonds. The lowest BCUT2D eigenvalue weighted by atomic mass is 10.2. The van der Waals surface area contributed by atoms with E-state index in [4.69, 9.17) is 10.5 Å². The normalized spacial score (nSPS) is 10.7. The summed E-state index contributed by atoms with van der Waals surface area (Å²) in [5.41, 5.74) is 10.2. The number of hydrogen-bond donors (Lipinski definition) is 4. The summed E-state index contributed by atoms with van der Waals surface area (Å²) >= 11 is 0. The lowest BCUT2D eigenvalue weighted by Gasteiger charge is -2.09. The number of halogens is 3. The van der Waals surface area contributed by atoms with Gasteiger partial charge in [0.05, 0.1) is 19.2 Å². The van der Waals surface area contributed by atoms with Crippen LogP contribution in [0.3, 0.4) is 0 Å². The monoisotopic (exact) mass is 613 g/mol. The molecular formula is C30H30F3N5O6. The molecule has 2 heterocycles. The maximum atomic E-state index is 14.3. The maximum Gasteiger partial charge on any atom is 0.404 e. The SMILES string of the molecule is COC(N)=O.NC(=O)/C=C/CCCC(=O)Nc1cccn(Cc2cc3cc(F)cc(OCc4ccc(F)cc4F)c3[nH]2)c1=O. The highest BCUT2D eigenvalue weighted by Gasteiger charge is 2.13. The maximum absolute atomic E-state index is 14.3. The highest BCUT2D eigenvalue weighted by molar-refractivity contribution is 5.90. The summed E-state index contributed by atoms with van der Waals surface area (Å²) in [6.45, 7) is -0.162. The Kier molecular flexibility index (Phi) is 11.7. The quantitative estimate of drug-likeness (QED) is 0.146. The van der Waals surface area contributed by atoms with Crippen LogP contribution in [0.4, 0.5) is 23.7 Å². The van der Waals surface area contributed by atoms with Gasteiger partial charge in [-0.1, -0.05) is 6.08 Å². The molecule has 0 saturated heterocycles. The smallest absolute Gasteiger partial charge is 0.404 e. The van der Waals surface area contributed by atoms with Crippen molar-refractivity contribution in [3.8, 4) is 5.75 Å². The zero-order valence-electron chi connectivity index (χ0n) is 23.6. The van der Waals surface area contributed by atoms with Gasteiger partial charge in [0, 0.05) is 41.4 Å². The van der Waals surface area contributed by atoms with Crippen LogP contribution in [-0.4, -0.2) is 34.6 Å². The lowest BCUT2D eigenvalue weighted by Crippen LogP contribution is -2.25. The fraction of sp³-hybridized carbons (Fsp3) is 0.200. The molecule has 0 aliphatic heterocycles. The number of pyridine rings is 1. The molecular weight excluding hydrogens is 583 g/mol. The first-order valence-corrected chi connectivity index (χ1v) is 13.1. The Bertz CT molecular complexity index is 1730. The number of rotatable bonds is 11. The summed E-state index contributed by atoms with van der Waals surface area (Å²) in [6, 6.07) is 10.3. The summed E-state index contributed by atoms with van der Waals surface area (Å²) in [6.07, 6.45) is 4.72. The van der Waals surface area contributed by atoms with Crippen molar-refractivity contribution in [2.45, 2.75) is 32.4 Å². The molecule has 0 bridgehead atoms. The summed E-state index contributed by atoms with van der Waals surface area (Å²) in [5.74, 6) is -2.85. The number of aromatic nitrogens is 2. The number of fused-ring (bicyclic) bond motifs is 1. The van der Waals surface area contributed by atoms with Gasteiger partial charge in [0.25, 0.3) is 5.56 Å². The second-order valence-electron chi connectivity index (χ2n) is 9.31. The molecule has 0 aliphatic rings. The van der Waals surface area contributed by atoms with Crippen molar-refractivity contribution >= 4 is 34.5 Å². The van der Waals surface area contributed by atoms with Gasteiger partial charge in [0.15, 0.2) is 0 Å². The number of aromatic amines is 1. The molecule has 0 spiro atoms. The molecule has 14 heteroatoms. The second-order valence-corrected chi connectivity index (χ2v) is 9.31. The van der Waals surface area contributed by atoms with Gasteiger partial charge in [0.1, 0.15) is 35.5 Å². The van der Waals surface area contributed by atoms with Crippen molar-refractivity contribution in [2.75, 3.05) is 12.4 Å². The molecule has 44 heavy (non-hydrogen) atoms. The average Bonchev–Trinajstić information content (AvgIpc) is 3.36. The van der Waals surface area contributed by atoms with Gasteiger partial charge >= 0.3 is 6.09 Å². The Morgan fingerprint density at radius 2 is 1.80 bits per heavy atom. The van der Waals surface area contributed by atoms with Crippen LogP contribution >= 0.6 is 0 Å². The minimum absolute atomic E-state index is 0.0861. The third-order valence-electron chi connectivity index (χ3n) is 6.00. The molecule has 0 atom stereocenters. The number of hydrogen-bond acceptors (Lipinski definition) is 6. The Morgan fingerprint density at radius 3 is 2.48 bits per heavy atom. The number of H-pyrrole nitrogens is 1. The van der Waals surface area contributed by atoms with Crippen LogP contribution in [0.1, 0.15) is 30.5 Å². The molecule has 2 aromatic carbocycles. The van der Waals surface area contributed by atoms with Crippen molar-refractivity contribution in [1.29, 1.82) is 0 Å². The summed E-state index contributed by atoms with van der Waals surface area (Å²) in [7, 11) is 1.22. The van der Waals surface area contributed by atoms with E-state index in [0.717, 1.165) is 18.2 Å². The molecule has 4 aromatic rings. The molecule has 11 nitrogen and oxygen atoms in total. The predicted molar refractivity (Wildman–Crippen MR) is 156 cm³/mol. The van der Waals surface area contributed by atoms with Crippen LogP contribution in [0, 0.1) is 17.5 Å². The molecule has 0 fully saturated rings. The summed E-state index contributed by atoms with van der Waals surface area (Å²) in [4.78, 5) is 48.3. The number of nitrogens with zero attached hydrogens (tertiary/aromatic N) is 1. The van der Waals surface area contributed by atoms with E-state index in [1.54, 1.807) is 24.4 Å². The van der Waals surface area contributed by atoms with Gasteiger partial charge < -0.3 is 35.8 Å². The Labute approximate surface area is 249 Å². The van der Waals surface area contributed by atoms with Crippen LogP contribution < -0.4 is 27.1 Å². The third kappa shape index (κ3) is 9.79. The largest absolute Gasteiger partial charge is 0.486 e. The highest BCUT2D eigenvalue weighted by Crippen LogP contribution is 2.29. The number of allylic oxidation sites excluding steroid dienone is 1. The van der Waals surface area contributed by atoms with Gasteiger partial charge in [0.2, 0.25) is 11.8 Å². The van der Waals surface area contributed by atoms with Gasteiger partial charge in [-0.3, -0.25) is 14.4 Å². The van der Waals surface area contributed by atoms with Gasteiger partial charge in [-0.15, -0.1) is 0 Å². The number of unbranched alkanes of at least 4 members (excludes halogenated alkanes) is 1. The minimum Gasteiger partial charge on any atom is -0.486 e. The number of nitrogens with one attached hydrogen (secondary N) is 2. The van der Waals surface area contributed by atoms with Crippen molar-refractivity contribution in [1.82, 2.24) is 9.55 Å². The lowest BCUT2D eigenvalue weighted by molar-refractivity contribution is -0.116. The van der Waals surface area contributed by atoms with Crippen molar-refractivity contribution in [3.05, 3.63) is 106 Å². The predicted octanol–water partition coefficient (Wildman–Crippen LogP) is 4.24. The van der Waals surface area contributed by atoms with E-state index in [1.165, 1.54) is 36.0 Å². The van der Waals surface area contributed by atoms with E-state index >= 15 is 0 Å². The first-order chi connectivity index (χ1) is 21.0. The van der Waals surface area contributed by atoms with E-state index in [1.807, 2.05) is 0 Å². The molecule has 6 N–H and O–H groups in total. The van der Waals surface area contributed by atoms with Gasteiger partial charge in [-0.2, -0.15) is 0 Å². The van der Waals surface area contributed by atoms with Crippen molar-refractivity contribution in [3.63, 3.8) is 0 Å². The standard InChI is InChI=1S/C28H25F3N4O4.C2H5NO2/c29-19-9-8-17(22(31)13-19)16-39-24-14-20(30)11-18-12-21(33-27(18)24)15-35-10-4-5-23(28(35)38)34-26(37)7-3-1-2-6-25(32)36;1-5-2(3)4/h2,4-6,8-14,33H,1,3,7,15-16H2,(H2,32,36)(H,34,37);1H3,(H2,3,4)/b6-2+;. The van der Waals surface area contributed by atoms with E-state index in [0.29, 0.717) is 29.4 Å². The molecule has 232 valence electrons. The third-order valence-corrected chi connectivity index (χ3v) is 6.00. The topological polar surface area (TPSA) is 172 Å². The minimum atomic E-state index is -0.777. The Balaban J connectivity index is 0.000000978. The molecule has 0 radical (unpaired) electrons. The molecule has 4 rings (SSSR count). The van der Waals surface area contributed by atoms with Crippen molar-refractivity contribution < 1.29 is 37.0 Å². The van der Waals surface area contributed by atoms with Crippen LogP contribution in [0.5, 0.6) is 5.75 Å². The summed E-state index contributed by atoms with van der Waals surface area (Å²) in [5, 5.41) is 3.07. The van der Waals surface area contributed by atoms with Crippen molar-refractivity contribution in [2.24, 2.45) is 11.5 Å². The zero-order chi connectivity index (χ0) is 32.2. The Hall–Kier alpha value is -5.53. The number of carbonyl (C=O) groups is 3. The van der Waals surface area contributed by atoms with E-state index < -0.39 is 35.0 Å². The van der Waals surface area contributed by atoms with E-state index in [2.05, 4.69) is 20.8 Å². The Morgan fingerprint density at radius 1 is 1.05 bits per heavy atom. The number of methoxy groups -OCH3 is 1. The molecule has 0 saturated carbocycles. The fourth-order valence-corrected chi connectivity index (χ4v) is 3.96. The number of amides is 3. The van der Waals surface area contributed by atoms with Crippen LogP contribution in [0.2, 0.25) is 0 Å². The molecule has 0 unspecified atom stereocenters. The second kappa shape index (κ2) is 15.6. The number of carbonyl (C=O) groups excluding carboxylic acids is 3. The number of primary amides is 2. The number of nitrogens with two attached hydrogens (primary N) is 2. The first-order valence-electron chi connectivity index (χ1n) is 13.1. The molecule has 2 aromatic heterocycles. The first kappa shape index (κ1) is 33.0. The van der Waals surface area contributed by atoms with Crippen LogP contribution in [-0.2, 0) is 27.5 Å². The van der Waals surface area contributed by atoms with Gasteiger partial charge in [-0.25, -0.2) is 18.0 Å². The highest BCUT2D eigenvalue weighted by atomic mass is 19.1. The average molecular weight is 614 g/mol. The number of benzene rings is 2. The van der Waals surface area contributed by atoms with Gasteiger partial charge in [-0.05, 0) is 55.3 Å². The van der Waals surface area contributed by atoms with Crippen LogP contribution in [0.25, 0.3) is 10.9 Å². The number of ether oxygens (including phenoxy) is 2. The molecule has 0 aliphatic carbocycles. The fourth-order valence-electron chi connectivity index (χ4n) is 3.96.